The van der Waals surface area contributed by atoms with Crippen LogP contribution in [0.5, 0.6) is 0 Å². The topological polar surface area (TPSA) is 38.3 Å². The van der Waals surface area contributed by atoms with Crippen molar-refractivity contribution in [3.05, 3.63) is 94.6 Å². The molecule has 4 nitrogen and oxygen atoms in total. The highest BCUT2D eigenvalue weighted by Crippen LogP contribution is 2.29. The van der Waals surface area contributed by atoms with Crippen molar-refractivity contribution in [2.24, 2.45) is 0 Å². The van der Waals surface area contributed by atoms with Gasteiger partial charge in [-0.3, -0.25) is 9.28 Å². The lowest BCUT2D eigenvalue weighted by atomic mass is 9.97. The molecule has 1 heterocycles. The minimum absolute atomic E-state index is 0. The zero-order chi connectivity index (χ0) is 25.8. The van der Waals surface area contributed by atoms with E-state index in [0.717, 1.165) is 60.1 Å². The third kappa shape index (κ3) is 6.74. The van der Waals surface area contributed by atoms with Crippen LogP contribution < -0.4 is 17.7 Å². The molecule has 38 heavy (non-hydrogen) atoms. The summed E-state index contributed by atoms with van der Waals surface area (Å²) in [7, 11) is 4.48. The Labute approximate surface area is 233 Å². The Hall–Kier alpha value is -2.92. The van der Waals surface area contributed by atoms with Crippen molar-refractivity contribution in [3.8, 4) is 11.1 Å². The van der Waals surface area contributed by atoms with Gasteiger partial charge in [0.2, 0.25) is 0 Å². The van der Waals surface area contributed by atoms with Crippen molar-refractivity contribution in [1.29, 1.82) is 0 Å². The second kappa shape index (κ2) is 12.3. The summed E-state index contributed by atoms with van der Waals surface area (Å²) in [4.78, 5) is 13.2. The summed E-state index contributed by atoms with van der Waals surface area (Å²) in [5.41, 5.74) is 9.05. The fourth-order valence-corrected chi connectivity index (χ4v) is 5.54. The number of carbonyl (C=O) groups excluding carboxylic acids is 1. The summed E-state index contributed by atoms with van der Waals surface area (Å²) in [6.45, 7) is 3.88. The summed E-state index contributed by atoms with van der Waals surface area (Å²) in [5.74, 6) is -0.00643. The molecule has 1 N–H and O–H groups in total. The lowest BCUT2D eigenvalue weighted by Crippen LogP contribution is -3.00. The average Bonchev–Trinajstić information content (AvgIpc) is 3.13. The number of carbonyl (C=O) groups is 1. The largest absolute Gasteiger partial charge is 1.00 e. The molecular weight excluding hydrogens is 492 g/mol. The number of ether oxygens (including phenoxy) is 1. The van der Waals surface area contributed by atoms with E-state index in [1.165, 1.54) is 40.7 Å². The van der Waals surface area contributed by atoms with Gasteiger partial charge in [0.05, 0.1) is 20.7 Å². The van der Waals surface area contributed by atoms with E-state index in [4.69, 9.17) is 4.74 Å². The highest BCUT2D eigenvalue weighted by molar-refractivity contribution is 6.07. The molecule has 1 atom stereocenters. The number of hydrogen-bond acceptors (Lipinski definition) is 2. The van der Waals surface area contributed by atoms with E-state index in [0.29, 0.717) is 0 Å². The van der Waals surface area contributed by atoms with Gasteiger partial charge in [-0.05, 0) is 85.6 Å². The van der Waals surface area contributed by atoms with Crippen LogP contribution in [0.15, 0.2) is 72.3 Å². The van der Waals surface area contributed by atoms with Crippen LogP contribution >= 0.6 is 0 Å². The molecule has 1 fully saturated rings. The van der Waals surface area contributed by atoms with Crippen LogP contribution in [0.3, 0.4) is 0 Å². The Morgan fingerprint density at radius 1 is 0.921 bits per heavy atom. The Bertz CT molecular complexity index is 1270. The van der Waals surface area contributed by atoms with Crippen LogP contribution in [0.4, 0.5) is 5.69 Å². The molecule has 1 aliphatic carbocycles. The molecule has 1 unspecified atom stereocenters. The summed E-state index contributed by atoms with van der Waals surface area (Å²) in [5, 5.41) is 3.14. The maximum atomic E-state index is 13.2. The fraction of sp³-hybridized carbons (Fsp3) is 0.364. The van der Waals surface area contributed by atoms with Crippen LogP contribution in [0.25, 0.3) is 17.2 Å². The predicted molar refractivity (Wildman–Crippen MR) is 152 cm³/mol. The van der Waals surface area contributed by atoms with Gasteiger partial charge in [-0.15, -0.1) is 0 Å². The molecule has 0 bridgehead atoms. The van der Waals surface area contributed by atoms with E-state index >= 15 is 0 Å². The first-order valence-corrected chi connectivity index (χ1v) is 13.6. The molecule has 1 amide bonds. The van der Waals surface area contributed by atoms with Gasteiger partial charge in [-0.1, -0.05) is 54.1 Å². The smallest absolute Gasteiger partial charge is 0.251 e. The molecule has 3 aromatic carbocycles. The Morgan fingerprint density at radius 3 is 2.37 bits per heavy atom. The number of aryl methyl sites for hydroxylation is 2. The minimum atomic E-state index is -0.00643. The average molecular weight is 531 g/mol. The van der Waals surface area contributed by atoms with Crippen molar-refractivity contribution in [2.75, 3.05) is 26.0 Å². The van der Waals surface area contributed by atoms with E-state index in [-0.39, 0.29) is 24.5 Å². The number of amides is 1. The summed E-state index contributed by atoms with van der Waals surface area (Å²) in [6, 6.07) is 23.6. The predicted octanol–water partition coefficient (Wildman–Crippen LogP) is 4.13. The van der Waals surface area contributed by atoms with E-state index in [2.05, 4.69) is 87.0 Å². The lowest BCUT2D eigenvalue weighted by molar-refractivity contribution is -0.951. The molecule has 0 spiro atoms. The number of fused-ring (bicyclic) bond motifs is 1. The summed E-state index contributed by atoms with van der Waals surface area (Å²) >= 11 is 0. The normalized spacial score (nSPS) is 17.4. The molecular formula is C33H39ClN2O2. The monoisotopic (exact) mass is 530 g/mol. The molecule has 0 radical (unpaired) electrons. The van der Waals surface area contributed by atoms with Crippen LogP contribution in [0.1, 0.15) is 54.4 Å². The number of quaternary nitrogens is 1. The van der Waals surface area contributed by atoms with E-state index in [1.807, 2.05) is 12.1 Å². The maximum Gasteiger partial charge on any atom is 0.251 e. The molecule has 5 heteroatoms. The zero-order valence-electron chi connectivity index (χ0n) is 22.8. The van der Waals surface area contributed by atoms with Crippen molar-refractivity contribution in [3.63, 3.8) is 0 Å². The van der Waals surface area contributed by atoms with Gasteiger partial charge < -0.3 is 22.5 Å². The molecule has 0 saturated carbocycles. The summed E-state index contributed by atoms with van der Waals surface area (Å²) < 4.78 is 6.86. The highest BCUT2D eigenvalue weighted by Gasteiger charge is 2.31. The quantitative estimate of drug-likeness (QED) is 0.487. The van der Waals surface area contributed by atoms with E-state index in [1.54, 1.807) is 0 Å². The van der Waals surface area contributed by atoms with Gasteiger partial charge in [-0.2, -0.15) is 0 Å². The van der Waals surface area contributed by atoms with Gasteiger partial charge >= 0.3 is 0 Å². The van der Waals surface area contributed by atoms with Gasteiger partial charge in [0.1, 0.15) is 6.54 Å². The first-order valence-electron chi connectivity index (χ1n) is 13.6. The number of rotatable bonds is 6. The minimum Gasteiger partial charge on any atom is -1.00 e. The third-order valence-electron chi connectivity index (χ3n) is 7.78. The molecule has 2 aliphatic rings. The molecule has 1 aliphatic heterocycles. The number of halogens is 1. The van der Waals surface area contributed by atoms with Crippen molar-refractivity contribution in [2.45, 2.75) is 58.2 Å². The number of nitrogens with zero attached hydrogens (tertiary/aromatic N) is 1. The van der Waals surface area contributed by atoms with E-state index in [9.17, 15) is 4.79 Å². The Morgan fingerprint density at radius 2 is 1.66 bits per heavy atom. The zero-order valence-corrected chi connectivity index (χ0v) is 23.6. The maximum absolute atomic E-state index is 13.2. The number of nitrogens with one attached hydrogen (secondary N) is 1. The molecule has 0 aromatic heterocycles. The second-order valence-corrected chi connectivity index (χ2v) is 11.2. The second-order valence-electron chi connectivity index (χ2n) is 11.2. The van der Waals surface area contributed by atoms with Gasteiger partial charge in [0.25, 0.3) is 5.91 Å². The van der Waals surface area contributed by atoms with E-state index < -0.39 is 0 Å². The Kier molecular flexibility index (Phi) is 9.09. The number of anilines is 1. The number of benzene rings is 3. The third-order valence-corrected chi connectivity index (χ3v) is 7.78. The molecule has 3 aromatic rings. The van der Waals surface area contributed by atoms with Crippen molar-refractivity contribution < 1.29 is 26.4 Å². The SMILES string of the molecule is Cc1ccc(-c2ccc3c(c2)C=C(C(=O)Nc2ccc(C[N+](C)(C)C4CCCCO4)cc2)CCC3)cc1.[Cl-]. The Balaban J connectivity index is 0.00000336. The fourth-order valence-electron chi connectivity index (χ4n) is 5.54. The van der Waals surface area contributed by atoms with Gasteiger partial charge in [0.15, 0.2) is 6.23 Å². The van der Waals surface area contributed by atoms with Gasteiger partial charge in [-0.25, -0.2) is 0 Å². The molecule has 1 saturated heterocycles. The number of hydrogen-bond donors (Lipinski definition) is 1. The highest BCUT2D eigenvalue weighted by atomic mass is 35.5. The first-order chi connectivity index (χ1) is 17.9. The molecule has 5 rings (SSSR count). The first kappa shape index (κ1) is 28.1. The molecule has 200 valence electrons. The van der Waals surface area contributed by atoms with Gasteiger partial charge in [0, 0.05) is 23.2 Å². The van der Waals surface area contributed by atoms with Crippen LogP contribution in [-0.2, 0) is 22.5 Å². The standard InChI is InChI=1S/C33H38N2O2.ClH/c1-24-10-14-27(15-11-24)28-17-16-26-7-6-8-29(22-30(26)21-28)33(36)34-31-18-12-25(13-19-31)23-35(2,3)32-9-4-5-20-37-32;/h10-19,21-22,32H,4-9,20,23H2,1-3H3;1H. The lowest BCUT2D eigenvalue weighted by Gasteiger charge is -2.39. The summed E-state index contributed by atoms with van der Waals surface area (Å²) in [6.07, 6.45) is 8.62. The van der Waals surface area contributed by atoms with Crippen molar-refractivity contribution >= 4 is 17.7 Å². The van der Waals surface area contributed by atoms with Crippen LogP contribution in [0.2, 0.25) is 0 Å². The van der Waals surface area contributed by atoms with Crippen molar-refractivity contribution in [1.82, 2.24) is 0 Å². The van der Waals surface area contributed by atoms with Crippen LogP contribution in [-0.4, -0.2) is 37.3 Å². The van der Waals surface area contributed by atoms with Crippen LogP contribution in [0, 0.1) is 6.92 Å².